The average molecular weight is 471 g/mol. The smallest absolute Gasteiger partial charge is 0.293 e. The minimum absolute atomic E-state index is 0.255. The highest BCUT2D eigenvalue weighted by Crippen LogP contribution is 2.37. The summed E-state index contributed by atoms with van der Waals surface area (Å²) in [6.07, 6.45) is 3.31. The third-order valence-corrected chi connectivity index (χ3v) is 5.94. The molecule has 2 aromatic carbocycles. The molecule has 3 rings (SSSR count). The Morgan fingerprint density at radius 2 is 1.72 bits per heavy atom. The van der Waals surface area contributed by atoms with E-state index in [9.17, 15) is 9.59 Å². The molecule has 0 radical (unpaired) electrons. The molecule has 1 aliphatic heterocycles. The van der Waals surface area contributed by atoms with Crippen LogP contribution in [0.3, 0.4) is 0 Å². The molecule has 0 saturated carbocycles. The van der Waals surface area contributed by atoms with Crippen LogP contribution in [0.25, 0.3) is 6.08 Å². The zero-order valence-corrected chi connectivity index (χ0v) is 18.7. The first-order valence-corrected chi connectivity index (χ1v) is 11.0. The van der Waals surface area contributed by atoms with Gasteiger partial charge in [-0.25, -0.2) is 0 Å². The van der Waals surface area contributed by atoms with E-state index in [0.29, 0.717) is 37.8 Å². The summed E-state index contributed by atoms with van der Waals surface area (Å²) in [6.45, 7) is 2.72. The van der Waals surface area contributed by atoms with E-state index in [0.717, 1.165) is 30.2 Å². The van der Waals surface area contributed by atoms with Gasteiger partial charge in [0.15, 0.2) is 5.75 Å². The van der Waals surface area contributed by atoms with Crippen LogP contribution >= 0.6 is 46.6 Å². The molecule has 0 spiro atoms. The molecule has 0 unspecified atom stereocenters. The first-order chi connectivity index (χ1) is 13.9. The SMILES string of the molecule is CCCCN1C(=O)S/C(=C\c2cc(Cl)c(OCc3ccc(Cl)cc3)c(Cl)c2)C1=O. The topological polar surface area (TPSA) is 46.6 Å². The van der Waals surface area contributed by atoms with Gasteiger partial charge in [-0.3, -0.25) is 14.5 Å². The highest BCUT2D eigenvalue weighted by molar-refractivity contribution is 8.18. The predicted octanol–water partition coefficient (Wildman–Crippen LogP) is 7.06. The van der Waals surface area contributed by atoms with E-state index in [4.69, 9.17) is 39.5 Å². The molecule has 152 valence electrons. The predicted molar refractivity (Wildman–Crippen MR) is 120 cm³/mol. The second-order valence-electron chi connectivity index (χ2n) is 6.42. The van der Waals surface area contributed by atoms with E-state index in [1.54, 1.807) is 30.3 Å². The van der Waals surface area contributed by atoms with E-state index in [2.05, 4.69) is 0 Å². The summed E-state index contributed by atoms with van der Waals surface area (Å²) in [7, 11) is 0. The summed E-state index contributed by atoms with van der Waals surface area (Å²) in [4.78, 5) is 26.2. The van der Waals surface area contributed by atoms with Crippen LogP contribution in [-0.2, 0) is 11.4 Å². The van der Waals surface area contributed by atoms with Gasteiger partial charge < -0.3 is 4.74 Å². The molecule has 1 saturated heterocycles. The Morgan fingerprint density at radius 3 is 2.34 bits per heavy atom. The number of carbonyl (C=O) groups excluding carboxylic acids is 2. The number of unbranched alkanes of at least 4 members (excludes halogenated alkanes) is 1. The number of thioether (sulfide) groups is 1. The molecule has 0 aliphatic carbocycles. The van der Waals surface area contributed by atoms with Crippen LogP contribution in [0.2, 0.25) is 15.1 Å². The first kappa shape index (κ1) is 22.0. The van der Waals surface area contributed by atoms with Crippen molar-refractivity contribution in [3.63, 3.8) is 0 Å². The number of benzene rings is 2. The lowest BCUT2D eigenvalue weighted by Gasteiger charge is -2.12. The fourth-order valence-electron chi connectivity index (χ4n) is 2.70. The standard InChI is InChI=1S/C21H18Cl3NO3S/c1-2-3-8-25-20(26)18(29-21(25)27)11-14-9-16(23)19(17(24)10-14)28-12-13-4-6-15(22)7-5-13/h4-7,9-11H,2-3,8,12H2,1H3/b18-11-. The number of carbonyl (C=O) groups is 2. The van der Waals surface area contributed by atoms with Gasteiger partial charge in [0.1, 0.15) is 6.61 Å². The van der Waals surface area contributed by atoms with Crippen LogP contribution in [0.5, 0.6) is 5.75 Å². The number of amides is 2. The summed E-state index contributed by atoms with van der Waals surface area (Å²) in [5.41, 5.74) is 1.55. The lowest BCUT2D eigenvalue weighted by Crippen LogP contribution is -2.29. The van der Waals surface area contributed by atoms with E-state index < -0.39 is 0 Å². The Bertz CT molecular complexity index is 937. The number of hydrogen-bond donors (Lipinski definition) is 0. The summed E-state index contributed by atoms with van der Waals surface area (Å²) >= 11 is 19.5. The van der Waals surface area contributed by atoms with E-state index in [-0.39, 0.29) is 17.8 Å². The van der Waals surface area contributed by atoms with Crippen molar-refractivity contribution in [1.82, 2.24) is 4.90 Å². The molecule has 1 heterocycles. The minimum Gasteiger partial charge on any atom is -0.486 e. The van der Waals surface area contributed by atoms with Crippen LogP contribution in [-0.4, -0.2) is 22.6 Å². The van der Waals surface area contributed by atoms with Crippen LogP contribution in [0.15, 0.2) is 41.3 Å². The van der Waals surface area contributed by atoms with Crippen molar-refractivity contribution in [3.8, 4) is 5.75 Å². The van der Waals surface area contributed by atoms with Crippen molar-refractivity contribution in [2.45, 2.75) is 26.4 Å². The van der Waals surface area contributed by atoms with Crippen molar-refractivity contribution < 1.29 is 14.3 Å². The van der Waals surface area contributed by atoms with Gasteiger partial charge in [0.05, 0.1) is 15.0 Å². The van der Waals surface area contributed by atoms with Crippen molar-refractivity contribution >= 4 is 63.8 Å². The normalized spacial score (nSPS) is 15.4. The third kappa shape index (κ3) is 5.48. The first-order valence-electron chi connectivity index (χ1n) is 9.00. The van der Waals surface area contributed by atoms with E-state index in [1.165, 1.54) is 4.90 Å². The maximum atomic E-state index is 12.5. The number of halogens is 3. The Balaban J connectivity index is 1.75. The van der Waals surface area contributed by atoms with Crippen LogP contribution in [0.4, 0.5) is 4.79 Å². The zero-order valence-electron chi connectivity index (χ0n) is 15.6. The van der Waals surface area contributed by atoms with Crippen molar-refractivity contribution in [1.29, 1.82) is 0 Å². The molecule has 0 aromatic heterocycles. The Kier molecular flexibility index (Phi) is 7.52. The summed E-state index contributed by atoms with van der Waals surface area (Å²) < 4.78 is 5.76. The maximum Gasteiger partial charge on any atom is 0.293 e. The third-order valence-electron chi connectivity index (χ3n) is 4.22. The van der Waals surface area contributed by atoms with Gasteiger partial charge in [-0.1, -0.05) is 60.3 Å². The lowest BCUT2D eigenvalue weighted by atomic mass is 10.2. The number of ether oxygens (including phenoxy) is 1. The van der Waals surface area contributed by atoms with Crippen LogP contribution in [0.1, 0.15) is 30.9 Å². The Morgan fingerprint density at radius 1 is 1.07 bits per heavy atom. The summed E-state index contributed by atoms with van der Waals surface area (Å²) in [6, 6.07) is 10.6. The van der Waals surface area contributed by atoms with E-state index >= 15 is 0 Å². The highest BCUT2D eigenvalue weighted by atomic mass is 35.5. The lowest BCUT2D eigenvalue weighted by molar-refractivity contribution is -0.122. The fraction of sp³-hybridized carbons (Fsp3) is 0.238. The van der Waals surface area contributed by atoms with E-state index in [1.807, 2.05) is 19.1 Å². The van der Waals surface area contributed by atoms with Crippen molar-refractivity contribution in [2.24, 2.45) is 0 Å². The Hall–Kier alpha value is -1.66. The zero-order chi connectivity index (χ0) is 21.0. The number of imide groups is 1. The van der Waals surface area contributed by atoms with Gasteiger partial charge in [-0.15, -0.1) is 0 Å². The van der Waals surface area contributed by atoms with Crippen molar-refractivity contribution in [2.75, 3.05) is 6.54 Å². The molecular weight excluding hydrogens is 453 g/mol. The molecule has 1 fully saturated rings. The Labute approximate surface area is 188 Å². The molecule has 1 aliphatic rings. The van der Waals surface area contributed by atoms with Gasteiger partial charge in [0, 0.05) is 11.6 Å². The molecule has 29 heavy (non-hydrogen) atoms. The van der Waals surface area contributed by atoms with Gasteiger partial charge >= 0.3 is 0 Å². The quantitative estimate of drug-likeness (QED) is 0.406. The van der Waals surface area contributed by atoms with Gasteiger partial charge in [-0.05, 0) is 59.7 Å². The molecule has 0 bridgehead atoms. The van der Waals surface area contributed by atoms with Gasteiger partial charge in [-0.2, -0.15) is 0 Å². The fourth-order valence-corrected chi connectivity index (χ4v) is 4.30. The minimum atomic E-state index is -0.288. The summed E-state index contributed by atoms with van der Waals surface area (Å²) in [5, 5.41) is 1.04. The van der Waals surface area contributed by atoms with Crippen molar-refractivity contribution in [3.05, 3.63) is 67.5 Å². The molecule has 2 aromatic rings. The molecular formula is C21H18Cl3NO3S. The highest BCUT2D eigenvalue weighted by Gasteiger charge is 2.34. The van der Waals surface area contributed by atoms with Crippen LogP contribution < -0.4 is 4.74 Å². The molecule has 0 N–H and O–H groups in total. The maximum absolute atomic E-state index is 12.5. The number of rotatable bonds is 7. The average Bonchev–Trinajstić information content (AvgIpc) is 2.94. The molecule has 8 heteroatoms. The monoisotopic (exact) mass is 469 g/mol. The number of nitrogens with zero attached hydrogens (tertiary/aromatic N) is 1. The van der Waals surface area contributed by atoms with Gasteiger partial charge in [0.25, 0.3) is 11.1 Å². The molecule has 0 atom stereocenters. The largest absolute Gasteiger partial charge is 0.486 e. The second-order valence-corrected chi connectivity index (χ2v) is 8.66. The number of hydrogen-bond acceptors (Lipinski definition) is 4. The van der Waals surface area contributed by atoms with Gasteiger partial charge in [0.2, 0.25) is 0 Å². The summed E-state index contributed by atoms with van der Waals surface area (Å²) in [5.74, 6) is 0.0697. The van der Waals surface area contributed by atoms with Crippen LogP contribution in [0, 0.1) is 0 Å². The second kappa shape index (κ2) is 9.90. The molecule has 2 amide bonds. The molecule has 4 nitrogen and oxygen atoms in total.